The largest absolute Gasteiger partial charge is 0.400 e. The number of nitrogens with zero attached hydrogens (tertiary/aromatic N) is 2. The van der Waals surface area contributed by atoms with E-state index < -0.39 is 0 Å². The molecule has 0 bridgehead atoms. The monoisotopic (exact) mass is 482 g/mol. The van der Waals surface area contributed by atoms with Gasteiger partial charge in [-0.15, -0.1) is 0 Å². The van der Waals surface area contributed by atoms with Gasteiger partial charge < -0.3 is 9.94 Å². The van der Waals surface area contributed by atoms with E-state index in [-0.39, 0.29) is 6.10 Å². The first kappa shape index (κ1) is 34.2. The van der Waals surface area contributed by atoms with Gasteiger partial charge in [-0.05, 0) is 57.1 Å². The summed E-state index contributed by atoms with van der Waals surface area (Å²) in [5, 5.41) is 11.4. The van der Waals surface area contributed by atoms with E-state index in [1.807, 2.05) is 39.8 Å². The molecular formula is C28H55N2O2P. The van der Waals surface area contributed by atoms with Crippen molar-refractivity contribution in [2.45, 2.75) is 99.0 Å². The first-order chi connectivity index (χ1) is 16.0. The fourth-order valence-corrected chi connectivity index (χ4v) is 4.32. The second-order valence-electron chi connectivity index (χ2n) is 8.54. The predicted octanol–water partition coefficient (Wildman–Crippen LogP) is 7.82. The molecule has 1 aliphatic carbocycles. The minimum atomic E-state index is 0.0270. The molecule has 3 unspecified atom stereocenters. The van der Waals surface area contributed by atoms with Crippen LogP contribution in [0.4, 0.5) is 0 Å². The van der Waals surface area contributed by atoms with Gasteiger partial charge in [-0.2, -0.15) is 0 Å². The fraction of sp³-hybridized carbons (Fsp3) is 0.750. The first-order valence-corrected chi connectivity index (χ1v) is 13.5. The normalized spacial score (nSPS) is 23.2. The maximum atomic E-state index is 7.00. The predicted molar refractivity (Wildman–Crippen MR) is 152 cm³/mol. The molecule has 1 saturated carbocycles. The van der Waals surface area contributed by atoms with Crippen LogP contribution in [-0.2, 0) is 4.84 Å². The van der Waals surface area contributed by atoms with Crippen molar-refractivity contribution in [3.63, 3.8) is 0 Å². The van der Waals surface area contributed by atoms with Crippen molar-refractivity contribution in [2.75, 3.05) is 20.2 Å². The van der Waals surface area contributed by atoms with Crippen LogP contribution in [0.2, 0.25) is 0 Å². The maximum Gasteiger partial charge on any atom is 0.157 e. The summed E-state index contributed by atoms with van der Waals surface area (Å²) in [4.78, 5) is 5.58. The van der Waals surface area contributed by atoms with Crippen molar-refractivity contribution in [1.29, 1.82) is 0 Å². The molecule has 0 saturated heterocycles. The smallest absolute Gasteiger partial charge is 0.157 e. The lowest BCUT2D eigenvalue weighted by Gasteiger charge is -2.29. The number of allylic oxidation sites excluding steroid dienone is 2. The van der Waals surface area contributed by atoms with Crippen LogP contribution in [0.3, 0.4) is 0 Å². The van der Waals surface area contributed by atoms with E-state index in [0.717, 1.165) is 37.5 Å². The standard InChI is InChI=1S/C21H37N2OP.C4H8.C2H6.CH4O/c1-5-16(3)21-15-20(22-24-21)19-11-7-9-18(10-8-12-19)17(4)13-14-23(25)6-2;1-3-4-2;2*1-2/h5,17-19,21H,1,3,6-15,25H2,2,4H3;3-4H,1-2H3;1-2H3;2H,1H3/b;4-3-;;. The molecule has 2 aliphatic rings. The zero-order valence-electron chi connectivity index (χ0n) is 22.9. The zero-order chi connectivity index (χ0) is 25.6. The van der Waals surface area contributed by atoms with Gasteiger partial charge in [0.25, 0.3) is 0 Å². The Labute approximate surface area is 208 Å². The van der Waals surface area contributed by atoms with Gasteiger partial charge >= 0.3 is 0 Å². The van der Waals surface area contributed by atoms with E-state index >= 15 is 0 Å². The third kappa shape index (κ3) is 14.8. The van der Waals surface area contributed by atoms with Crippen LogP contribution in [0.1, 0.15) is 92.9 Å². The molecule has 0 spiro atoms. The van der Waals surface area contributed by atoms with E-state index in [0.29, 0.717) is 5.92 Å². The van der Waals surface area contributed by atoms with E-state index in [2.05, 4.69) is 46.2 Å². The van der Waals surface area contributed by atoms with Gasteiger partial charge in [0.2, 0.25) is 0 Å². The fourth-order valence-electron chi connectivity index (χ4n) is 4.17. The molecule has 1 N–H and O–H groups in total. The average Bonchev–Trinajstić information content (AvgIpc) is 3.34. The molecule has 0 aromatic rings. The van der Waals surface area contributed by atoms with E-state index in [1.54, 1.807) is 6.08 Å². The van der Waals surface area contributed by atoms with Gasteiger partial charge in [0.05, 0.1) is 5.71 Å². The van der Waals surface area contributed by atoms with Gasteiger partial charge in [0.15, 0.2) is 6.10 Å². The minimum Gasteiger partial charge on any atom is -0.400 e. The summed E-state index contributed by atoms with van der Waals surface area (Å²) < 4.78 is 2.35. The summed E-state index contributed by atoms with van der Waals surface area (Å²) in [5.74, 6) is 2.34. The summed E-state index contributed by atoms with van der Waals surface area (Å²) in [5.41, 5.74) is 2.22. The van der Waals surface area contributed by atoms with Crippen LogP contribution in [0.25, 0.3) is 0 Å². The van der Waals surface area contributed by atoms with Crippen molar-refractivity contribution in [1.82, 2.24) is 4.67 Å². The summed E-state index contributed by atoms with van der Waals surface area (Å²) in [6, 6.07) is 0. The van der Waals surface area contributed by atoms with E-state index in [9.17, 15) is 0 Å². The third-order valence-electron chi connectivity index (χ3n) is 6.51. The Bertz CT molecular complexity index is 534. The van der Waals surface area contributed by atoms with Crippen molar-refractivity contribution < 1.29 is 9.94 Å². The van der Waals surface area contributed by atoms with Crippen molar-refractivity contribution in [3.8, 4) is 0 Å². The summed E-state index contributed by atoms with van der Waals surface area (Å²) in [6.07, 6.45) is 16.0. The van der Waals surface area contributed by atoms with E-state index in [4.69, 9.17) is 9.94 Å². The molecule has 2 rings (SSSR count). The van der Waals surface area contributed by atoms with Crippen molar-refractivity contribution in [3.05, 3.63) is 37.0 Å². The van der Waals surface area contributed by atoms with Gasteiger partial charge in [-0.25, -0.2) is 0 Å². The lowest BCUT2D eigenvalue weighted by molar-refractivity contribution is 0.114. The summed E-state index contributed by atoms with van der Waals surface area (Å²) >= 11 is 0. The third-order valence-corrected chi connectivity index (χ3v) is 7.13. The molecule has 0 aromatic heterocycles. The molecule has 0 amide bonds. The highest BCUT2D eigenvalue weighted by Gasteiger charge is 2.29. The zero-order valence-corrected chi connectivity index (χ0v) is 24.0. The molecule has 194 valence electrons. The highest BCUT2D eigenvalue weighted by Crippen LogP contribution is 2.34. The van der Waals surface area contributed by atoms with Crippen LogP contribution in [0.15, 0.2) is 42.1 Å². The molecule has 4 nitrogen and oxygen atoms in total. The van der Waals surface area contributed by atoms with Crippen molar-refractivity contribution >= 4 is 15.1 Å². The highest BCUT2D eigenvalue weighted by molar-refractivity contribution is 7.13. The second-order valence-corrected chi connectivity index (χ2v) is 9.27. The van der Waals surface area contributed by atoms with Gasteiger partial charge in [0.1, 0.15) is 0 Å². The maximum absolute atomic E-state index is 7.00. The highest BCUT2D eigenvalue weighted by atomic mass is 31.0. The quantitative estimate of drug-likeness (QED) is 0.218. The molecular weight excluding hydrogens is 427 g/mol. The Kier molecular flexibility index (Phi) is 23.6. The Hall–Kier alpha value is -0.960. The Morgan fingerprint density at radius 3 is 2.18 bits per heavy atom. The van der Waals surface area contributed by atoms with Crippen LogP contribution < -0.4 is 0 Å². The molecule has 1 fully saturated rings. The number of aliphatic hydroxyl groups is 1. The molecule has 0 aromatic carbocycles. The number of oxime groups is 1. The molecule has 1 heterocycles. The number of hydrogen-bond donors (Lipinski definition) is 1. The Balaban J connectivity index is 0. The SMILES string of the molecule is C/C=C\C.C=CC(=C)C1CC(C2CCCC(C(C)CCN(P)CC)CCC2)=NO1.CC.CO. The van der Waals surface area contributed by atoms with Gasteiger partial charge in [-0.3, -0.25) is 4.67 Å². The van der Waals surface area contributed by atoms with Crippen LogP contribution in [-0.4, -0.2) is 41.8 Å². The average molecular weight is 483 g/mol. The minimum absolute atomic E-state index is 0.0270. The lowest BCUT2D eigenvalue weighted by atomic mass is 9.77. The molecule has 5 heteroatoms. The second kappa shape index (κ2) is 22.8. The van der Waals surface area contributed by atoms with Crippen LogP contribution in [0, 0.1) is 17.8 Å². The Morgan fingerprint density at radius 2 is 1.73 bits per heavy atom. The Morgan fingerprint density at radius 1 is 1.18 bits per heavy atom. The van der Waals surface area contributed by atoms with Gasteiger partial charge in [-0.1, -0.05) is 99.3 Å². The van der Waals surface area contributed by atoms with Crippen LogP contribution >= 0.6 is 9.39 Å². The van der Waals surface area contributed by atoms with Gasteiger partial charge in [0, 0.05) is 26.0 Å². The lowest BCUT2D eigenvalue weighted by Crippen LogP contribution is -2.23. The topological polar surface area (TPSA) is 45.1 Å². The summed E-state index contributed by atoms with van der Waals surface area (Å²) in [6.45, 7) is 22.8. The van der Waals surface area contributed by atoms with E-state index in [1.165, 1.54) is 57.2 Å². The number of hydrogen-bond acceptors (Lipinski definition) is 4. The number of aliphatic hydroxyl groups excluding tert-OH is 1. The molecule has 1 aliphatic heterocycles. The van der Waals surface area contributed by atoms with Crippen molar-refractivity contribution in [2.24, 2.45) is 22.9 Å². The van der Waals surface area contributed by atoms with Crippen LogP contribution in [0.5, 0.6) is 0 Å². The molecule has 33 heavy (non-hydrogen) atoms. The molecule has 0 radical (unpaired) electrons. The molecule has 3 atom stereocenters. The number of rotatable bonds is 8. The summed E-state index contributed by atoms with van der Waals surface area (Å²) in [7, 11) is 3.85. The first-order valence-electron chi connectivity index (χ1n) is 13.0.